The molecule has 0 fully saturated rings. The lowest BCUT2D eigenvalue weighted by Gasteiger charge is -1.66. The lowest BCUT2D eigenvalue weighted by Crippen LogP contribution is -1.74. The summed E-state index contributed by atoms with van der Waals surface area (Å²) < 4.78 is 0. The Morgan fingerprint density at radius 3 is 1.50 bits per heavy atom. The average molecular weight is 88.1 g/mol. The van der Waals surface area contributed by atoms with E-state index in [2.05, 4.69) is 11.8 Å². The average Bonchev–Trinajstić information content (AvgIpc) is 1.61. The van der Waals surface area contributed by atoms with Gasteiger partial charge in [0.25, 0.3) is 0 Å². The molecule has 0 bridgehead atoms. The lowest BCUT2D eigenvalue weighted by molar-refractivity contribution is 0.342. The van der Waals surface area contributed by atoms with Crippen LogP contribution >= 0.6 is 0 Å². The van der Waals surface area contributed by atoms with E-state index in [1.54, 1.807) is 0 Å². The minimum atomic E-state index is -0.166. The van der Waals surface area contributed by atoms with Crippen LogP contribution < -0.4 is 0 Å². The van der Waals surface area contributed by atoms with Crippen molar-refractivity contribution in [2.24, 2.45) is 0 Å². The molecule has 0 saturated carbocycles. The maximum absolute atomic E-state index is 7.91. The summed E-state index contributed by atoms with van der Waals surface area (Å²) in [5, 5.41) is 15.8. The Hall–Kier alpha value is -0.520. The summed E-state index contributed by atoms with van der Waals surface area (Å²) >= 11 is 0. The molecule has 0 atom stereocenters. The van der Waals surface area contributed by atoms with Crippen molar-refractivity contribution in [3.05, 3.63) is 0 Å². The second-order valence-electron chi connectivity index (χ2n) is 0.670. The van der Waals surface area contributed by atoms with Crippen LogP contribution in [0.5, 0.6) is 0 Å². The monoisotopic (exact) mass is 88.0 g/mol. The van der Waals surface area contributed by atoms with Gasteiger partial charge in [0.05, 0.1) is 0 Å². The van der Waals surface area contributed by atoms with Crippen molar-refractivity contribution < 1.29 is 10.2 Å². The minimum Gasteiger partial charge on any atom is -0.384 e. The predicted octanol–water partition coefficient (Wildman–Crippen LogP) is -1.03. The summed E-state index contributed by atoms with van der Waals surface area (Å²) in [6, 6.07) is 0. The van der Waals surface area contributed by atoms with Gasteiger partial charge in [-0.15, -0.1) is 0 Å². The van der Waals surface area contributed by atoms with Crippen LogP contribution in [0.25, 0.3) is 0 Å². The zero-order valence-corrected chi connectivity index (χ0v) is 3.31. The maximum Gasteiger partial charge on any atom is 0.104 e. The third-order valence-electron chi connectivity index (χ3n) is 0.283. The van der Waals surface area contributed by atoms with Gasteiger partial charge in [0.1, 0.15) is 13.2 Å². The van der Waals surface area contributed by atoms with Gasteiger partial charge in [-0.2, -0.15) is 0 Å². The summed E-state index contributed by atoms with van der Waals surface area (Å²) in [5.41, 5.74) is 0. The molecule has 0 aromatic carbocycles. The number of hydrogen-bond donors (Lipinski definition) is 2. The van der Waals surface area contributed by atoms with E-state index in [1.807, 2.05) is 0 Å². The molecule has 0 amide bonds. The van der Waals surface area contributed by atoms with E-state index in [1.165, 1.54) is 0 Å². The van der Waals surface area contributed by atoms with E-state index in [0.717, 1.165) is 0 Å². The molecule has 0 heterocycles. The Balaban J connectivity index is 2.90. The van der Waals surface area contributed by atoms with Crippen molar-refractivity contribution in [2.45, 2.75) is 0 Å². The Morgan fingerprint density at radius 2 is 1.33 bits per heavy atom. The van der Waals surface area contributed by atoms with Crippen LogP contribution in [0.4, 0.5) is 0 Å². The van der Waals surface area contributed by atoms with Gasteiger partial charge in [0, 0.05) is 0 Å². The smallest absolute Gasteiger partial charge is 0.104 e. The maximum atomic E-state index is 7.91. The van der Waals surface area contributed by atoms with Crippen molar-refractivity contribution in [2.75, 3.05) is 13.2 Å². The quantitative estimate of drug-likeness (QED) is 0.294. The fourth-order valence-electron chi connectivity index (χ4n) is 0.112. The first-order valence-corrected chi connectivity index (χ1v) is 1.59. The normalized spacial score (nSPS) is 6.33. The molecule has 0 unspecified atom stereocenters. The predicted molar refractivity (Wildman–Crippen MR) is 21.9 cm³/mol. The highest BCUT2D eigenvalue weighted by molar-refractivity contribution is 4.97. The highest BCUT2D eigenvalue weighted by atomic mass is 16.3. The largest absolute Gasteiger partial charge is 0.384 e. The SMILES string of the molecule is O[13CH2]C#C[13CH2]O. The minimum absolute atomic E-state index is 0.166. The number of rotatable bonds is 0. The summed E-state index contributed by atoms with van der Waals surface area (Å²) in [4.78, 5) is 0. The molecule has 6 heavy (non-hydrogen) atoms. The van der Waals surface area contributed by atoms with Crippen molar-refractivity contribution >= 4 is 0 Å². The molecule has 0 aliphatic rings. The summed E-state index contributed by atoms with van der Waals surface area (Å²) in [6.07, 6.45) is 0. The molecule has 0 aliphatic carbocycles. The van der Waals surface area contributed by atoms with E-state index in [9.17, 15) is 0 Å². The Morgan fingerprint density at radius 1 is 1.00 bits per heavy atom. The molecule has 0 aromatic heterocycles. The van der Waals surface area contributed by atoms with Gasteiger partial charge in [-0.05, 0) is 0 Å². The van der Waals surface area contributed by atoms with Crippen LogP contribution in [0.2, 0.25) is 0 Å². The zero-order valence-electron chi connectivity index (χ0n) is 3.31. The number of aliphatic hydroxyl groups is 2. The Labute approximate surface area is 36.4 Å². The summed E-state index contributed by atoms with van der Waals surface area (Å²) in [6.45, 7) is -0.332. The standard InChI is InChI=1S/C4H6O2/c5-3-1-2-4-6/h5-6H,3-4H2/i3+1,4+1. The Bertz CT molecular complexity index is 59.4. The molecule has 0 rings (SSSR count). The zero-order chi connectivity index (χ0) is 4.83. The topological polar surface area (TPSA) is 40.5 Å². The fraction of sp³-hybridized carbons (Fsp3) is 0.500. The summed E-state index contributed by atoms with van der Waals surface area (Å²) in [7, 11) is 0. The molecule has 0 aliphatic heterocycles. The van der Waals surface area contributed by atoms with E-state index >= 15 is 0 Å². The van der Waals surface area contributed by atoms with E-state index in [4.69, 9.17) is 10.2 Å². The molecule has 0 saturated heterocycles. The first kappa shape index (κ1) is 5.48. The molecule has 2 N–H and O–H groups in total. The van der Waals surface area contributed by atoms with Gasteiger partial charge < -0.3 is 10.2 Å². The van der Waals surface area contributed by atoms with Crippen LogP contribution in [0, 0.1) is 11.8 Å². The third-order valence-corrected chi connectivity index (χ3v) is 0.283. The molecular formula is C4H6O2. The van der Waals surface area contributed by atoms with Crippen molar-refractivity contribution in [3.63, 3.8) is 0 Å². The third kappa shape index (κ3) is 3.48. The number of aliphatic hydroxyl groups excluding tert-OH is 2. The Kier molecular flexibility index (Phi) is 4.09. The van der Waals surface area contributed by atoms with Crippen molar-refractivity contribution in [1.29, 1.82) is 0 Å². The van der Waals surface area contributed by atoms with Crippen molar-refractivity contribution in [1.82, 2.24) is 0 Å². The van der Waals surface area contributed by atoms with Gasteiger partial charge in [-0.3, -0.25) is 0 Å². The van der Waals surface area contributed by atoms with Gasteiger partial charge in [0.2, 0.25) is 0 Å². The van der Waals surface area contributed by atoms with Crippen LogP contribution in [0.3, 0.4) is 0 Å². The van der Waals surface area contributed by atoms with Crippen LogP contribution in [0.1, 0.15) is 0 Å². The molecule has 2 heteroatoms. The van der Waals surface area contributed by atoms with Gasteiger partial charge in [0.15, 0.2) is 0 Å². The molecule has 0 spiro atoms. The van der Waals surface area contributed by atoms with E-state index in [0.29, 0.717) is 0 Å². The van der Waals surface area contributed by atoms with Gasteiger partial charge in [-0.25, -0.2) is 0 Å². The lowest BCUT2D eigenvalue weighted by atomic mass is 10.9. The summed E-state index contributed by atoms with van der Waals surface area (Å²) in [5.74, 6) is 4.51. The van der Waals surface area contributed by atoms with Gasteiger partial charge >= 0.3 is 0 Å². The van der Waals surface area contributed by atoms with Gasteiger partial charge in [-0.1, -0.05) is 11.8 Å². The number of hydrogen-bond acceptors (Lipinski definition) is 2. The second kappa shape index (κ2) is 4.48. The van der Waals surface area contributed by atoms with E-state index < -0.39 is 0 Å². The highest BCUT2D eigenvalue weighted by Gasteiger charge is 1.57. The molecule has 2 nitrogen and oxygen atoms in total. The highest BCUT2D eigenvalue weighted by Crippen LogP contribution is 1.48. The van der Waals surface area contributed by atoms with Crippen LogP contribution in [-0.2, 0) is 0 Å². The first-order chi connectivity index (χ1) is 2.91. The molecular weight excluding hydrogens is 82.0 g/mol. The van der Waals surface area contributed by atoms with Crippen LogP contribution in [-0.4, -0.2) is 23.4 Å². The molecule has 0 radical (unpaired) electrons. The molecule has 0 aromatic rings. The van der Waals surface area contributed by atoms with E-state index in [-0.39, 0.29) is 13.2 Å². The molecule has 34 valence electrons. The second-order valence-corrected chi connectivity index (χ2v) is 0.670. The van der Waals surface area contributed by atoms with Crippen LogP contribution in [0.15, 0.2) is 0 Å². The van der Waals surface area contributed by atoms with Crippen molar-refractivity contribution in [3.8, 4) is 11.8 Å². The fourth-order valence-corrected chi connectivity index (χ4v) is 0.112. The first-order valence-electron chi connectivity index (χ1n) is 1.59.